The van der Waals surface area contributed by atoms with E-state index >= 15 is 0 Å². The van der Waals surface area contributed by atoms with Gasteiger partial charge in [0.05, 0.1) is 11.4 Å². The summed E-state index contributed by atoms with van der Waals surface area (Å²) in [5.74, 6) is 1.67. The molecule has 4 aromatic rings. The number of aromatic nitrogens is 5. The molecule has 0 aliphatic carbocycles. The zero-order chi connectivity index (χ0) is 17.1. The molecule has 7 heteroatoms. The van der Waals surface area contributed by atoms with Gasteiger partial charge in [-0.25, -0.2) is 14.6 Å². The monoisotopic (exact) mass is 524 g/mol. The summed E-state index contributed by atoms with van der Waals surface area (Å²) in [4.78, 5) is 13.1. The minimum absolute atomic E-state index is 0. The van der Waals surface area contributed by atoms with Crippen LogP contribution in [0.15, 0.2) is 73.1 Å². The fourth-order valence-corrected chi connectivity index (χ4v) is 2.44. The molecule has 4 heterocycles. The van der Waals surface area contributed by atoms with Crippen molar-refractivity contribution >= 4 is 0 Å². The summed E-state index contributed by atoms with van der Waals surface area (Å²) < 4.78 is 7.56. The van der Waals surface area contributed by atoms with Crippen LogP contribution in [0.25, 0.3) is 17.2 Å². The van der Waals surface area contributed by atoms with Gasteiger partial charge in [0.15, 0.2) is 5.82 Å². The molecule has 0 aliphatic heterocycles. The number of hydrogen-bond donors (Lipinski definition) is 0. The maximum atomic E-state index is 5.82. The van der Waals surface area contributed by atoms with E-state index in [9.17, 15) is 0 Å². The standard InChI is InChI=1S/C19H15N5O.Pt/c1-14-13-19(23-24(14)17-9-3-5-12-21-17)25-18-10-6-8-16(22-18)15-7-2-4-11-20-15;/h2-13H,1H3;. The van der Waals surface area contributed by atoms with E-state index in [0.717, 1.165) is 22.9 Å². The molecule has 132 valence electrons. The first-order valence-corrected chi connectivity index (χ1v) is 7.84. The first kappa shape index (κ1) is 18.0. The van der Waals surface area contributed by atoms with E-state index in [1.165, 1.54) is 0 Å². The number of rotatable bonds is 4. The molecule has 0 saturated heterocycles. The summed E-state index contributed by atoms with van der Waals surface area (Å²) in [6.07, 6.45) is 3.47. The molecule has 0 fully saturated rings. The van der Waals surface area contributed by atoms with Gasteiger partial charge in [0.2, 0.25) is 11.8 Å². The first-order chi connectivity index (χ1) is 12.3. The second kappa shape index (κ2) is 8.02. The Bertz CT molecular complexity index is 989. The third-order valence-electron chi connectivity index (χ3n) is 3.59. The quantitative estimate of drug-likeness (QED) is 0.406. The van der Waals surface area contributed by atoms with E-state index in [-0.39, 0.29) is 21.1 Å². The van der Waals surface area contributed by atoms with Gasteiger partial charge < -0.3 is 4.74 Å². The van der Waals surface area contributed by atoms with Crippen molar-refractivity contribution in [2.75, 3.05) is 0 Å². The number of ether oxygens (including phenoxy) is 1. The van der Waals surface area contributed by atoms with Gasteiger partial charge in [-0.2, -0.15) is 0 Å². The Morgan fingerprint density at radius 2 is 1.58 bits per heavy atom. The zero-order valence-corrected chi connectivity index (χ0v) is 16.2. The summed E-state index contributed by atoms with van der Waals surface area (Å²) in [6, 6.07) is 18.8. The van der Waals surface area contributed by atoms with Gasteiger partial charge >= 0.3 is 0 Å². The Kier molecular flexibility index (Phi) is 5.54. The van der Waals surface area contributed by atoms with E-state index in [0.29, 0.717) is 11.8 Å². The Hall–Kier alpha value is -2.85. The fraction of sp³-hybridized carbons (Fsp3) is 0.0526. The number of aryl methyl sites for hydroxylation is 1. The summed E-state index contributed by atoms with van der Waals surface area (Å²) >= 11 is 0. The largest absolute Gasteiger partial charge is 0.419 e. The van der Waals surface area contributed by atoms with Gasteiger partial charge in [0, 0.05) is 51.3 Å². The average Bonchev–Trinajstić information content (AvgIpc) is 3.03. The van der Waals surface area contributed by atoms with Crippen molar-refractivity contribution in [2.45, 2.75) is 6.92 Å². The van der Waals surface area contributed by atoms with Gasteiger partial charge in [0.25, 0.3) is 0 Å². The maximum absolute atomic E-state index is 5.82. The molecule has 0 bridgehead atoms. The Labute approximate surface area is 165 Å². The van der Waals surface area contributed by atoms with Gasteiger partial charge in [-0.15, -0.1) is 5.10 Å². The Morgan fingerprint density at radius 3 is 2.31 bits per heavy atom. The van der Waals surface area contributed by atoms with Gasteiger partial charge in [0.1, 0.15) is 0 Å². The Balaban J connectivity index is 0.00000196. The molecule has 26 heavy (non-hydrogen) atoms. The van der Waals surface area contributed by atoms with Crippen LogP contribution in [0.4, 0.5) is 0 Å². The van der Waals surface area contributed by atoms with Crippen LogP contribution in [-0.4, -0.2) is 24.7 Å². The van der Waals surface area contributed by atoms with E-state index in [2.05, 4.69) is 20.1 Å². The summed E-state index contributed by atoms with van der Waals surface area (Å²) in [5.41, 5.74) is 2.47. The van der Waals surface area contributed by atoms with Crippen LogP contribution >= 0.6 is 0 Å². The van der Waals surface area contributed by atoms with E-state index < -0.39 is 0 Å². The predicted octanol–water partition coefficient (Wildman–Crippen LogP) is 3.82. The van der Waals surface area contributed by atoms with Crippen molar-refractivity contribution < 1.29 is 25.8 Å². The van der Waals surface area contributed by atoms with E-state index in [1.54, 1.807) is 23.1 Å². The van der Waals surface area contributed by atoms with Crippen molar-refractivity contribution in [3.8, 4) is 29.0 Å². The van der Waals surface area contributed by atoms with Gasteiger partial charge in [-0.05, 0) is 37.3 Å². The third kappa shape index (κ3) is 3.86. The minimum Gasteiger partial charge on any atom is -0.419 e. The number of nitrogens with zero attached hydrogens (tertiary/aromatic N) is 5. The predicted molar refractivity (Wildman–Crippen MR) is 93.6 cm³/mol. The number of hydrogen-bond acceptors (Lipinski definition) is 5. The molecule has 4 rings (SSSR count). The zero-order valence-electron chi connectivity index (χ0n) is 13.9. The third-order valence-corrected chi connectivity index (χ3v) is 3.59. The fourth-order valence-electron chi connectivity index (χ4n) is 2.44. The van der Waals surface area contributed by atoms with Crippen LogP contribution in [0, 0.1) is 6.92 Å². The van der Waals surface area contributed by atoms with Crippen LogP contribution in [0.2, 0.25) is 0 Å². The van der Waals surface area contributed by atoms with Crippen LogP contribution in [0.3, 0.4) is 0 Å². The topological polar surface area (TPSA) is 65.7 Å². The summed E-state index contributed by atoms with van der Waals surface area (Å²) in [5, 5.41) is 4.45. The maximum Gasteiger partial charge on any atom is 0.240 e. The molecule has 0 amide bonds. The normalized spacial score (nSPS) is 10.2. The second-order valence-electron chi connectivity index (χ2n) is 5.40. The molecular formula is C19H15N5OPt. The first-order valence-electron chi connectivity index (χ1n) is 7.84. The second-order valence-corrected chi connectivity index (χ2v) is 5.40. The molecule has 0 radical (unpaired) electrons. The molecule has 0 spiro atoms. The summed E-state index contributed by atoms with van der Waals surface area (Å²) in [6.45, 7) is 1.95. The SMILES string of the molecule is Cc1cc(Oc2cccc(-c3ccccn3)n2)nn1-c1ccccn1.[Pt]. The molecule has 6 nitrogen and oxygen atoms in total. The number of pyridine rings is 3. The van der Waals surface area contributed by atoms with Crippen molar-refractivity contribution in [1.82, 2.24) is 24.7 Å². The van der Waals surface area contributed by atoms with Crippen LogP contribution in [-0.2, 0) is 21.1 Å². The average molecular weight is 524 g/mol. The molecule has 0 atom stereocenters. The van der Waals surface area contributed by atoms with E-state index in [4.69, 9.17) is 4.74 Å². The van der Waals surface area contributed by atoms with Crippen LogP contribution in [0.5, 0.6) is 11.8 Å². The Morgan fingerprint density at radius 1 is 0.808 bits per heavy atom. The molecule has 0 N–H and O–H groups in total. The van der Waals surface area contributed by atoms with Crippen LogP contribution < -0.4 is 4.74 Å². The van der Waals surface area contributed by atoms with Crippen molar-refractivity contribution in [2.24, 2.45) is 0 Å². The minimum atomic E-state index is 0. The molecule has 4 aromatic heterocycles. The smallest absolute Gasteiger partial charge is 0.240 e. The molecular weight excluding hydrogens is 509 g/mol. The molecule has 0 unspecified atom stereocenters. The summed E-state index contributed by atoms with van der Waals surface area (Å²) in [7, 11) is 0. The van der Waals surface area contributed by atoms with Crippen molar-refractivity contribution in [3.05, 3.63) is 78.8 Å². The van der Waals surface area contributed by atoms with Gasteiger partial charge in [-0.3, -0.25) is 4.98 Å². The molecule has 0 aliphatic rings. The van der Waals surface area contributed by atoms with Crippen molar-refractivity contribution in [3.63, 3.8) is 0 Å². The van der Waals surface area contributed by atoms with Gasteiger partial charge in [-0.1, -0.05) is 18.2 Å². The van der Waals surface area contributed by atoms with Crippen LogP contribution in [0.1, 0.15) is 5.69 Å². The molecule has 0 aromatic carbocycles. The molecule has 0 saturated carbocycles. The van der Waals surface area contributed by atoms with E-state index in [1.807, 2.05) is 61.5 Å². The van der Waals surface area contributed by atoms with Crippen molar-refractivity contribution in [1.29, 1.82) is 0 Å².